The Morgan fingerprint density at radius 1 is 1.11 bits per heavy atom. The Kier molecular flexibility index (Phi) is 4.38. The summed E-state index contributed by atoms with van der Waals surface area (Å²) in [7, 11) is 0. The number of nitrogens with one attached hydrogen (secondary N) is 1. The van der Waals surface area contributed by atoms with Crippen molar-refractivity contribution in [2.75, 3.05) is 11.9 Å². The van der Waals surface area contributed by atoms with Crippen molar-refractivity contribution in [3.63, 3.8) is 0 Å². The molecule has 0 saturated heterocycles. The van der Waals surface area contributed by atoms with Crippen LogP contribution < -0.4 is 5.32 Å². The molecule has 0 aliphatic rings. The molecule has 0 bridgehead atoms. The largest absolute Gasteiger partial charge is 0.368 e. The van der Waals surface area contributed by atoms with Crippen LogP contribution in [0.3, 0.4) is 0 Å². The van der Waals surface area contributed by atoms with Gasteiger partial charge in [0.2, 0.25) is 0 Å². The smallest absolute Gasteiger partial charge is 0.151 e. The van der Waals surface area contributed by atoms with Crippen molar-refractivity contribution in [3.05, 3.63) is 40.4 Å². The van der Waals surface area contributed by atoms with Crippen LogP contribution in [0.2, 0.25) is 5.02 Å². The number of hydrogen-bond acceptors (Lipinski definition) is 3. The van der Waals surface area contributed by atoms with Crippen LogP contribution >= 0.6 is 11.6 Å². The third kappa shape index (κ3) is 2.87. The third-order valence-corrected chi connectivity index (χ3v) is 3.52. The lowest BCUT2D eigenvalue weighted by Gasteiger charge is -2.13. The van der Waals surface area contributed by atoms with Crippen molar-refractivity contribution in [2.24, 2.45) is 0 Å². The van der Waals surface area contributed by atoms with E-state index >= 15 is 0 Å². The van der Waals surface area contributed by atoms with Crippen LogP contribution in [-0.2, 0) is 0 Å². The summed E-state index contributed by atoms with van der Waals surface area (Å²) >= 11 is 6.22. The molecule has 2 rings (SSSR count). The minimum absolute atomic E-state index is 0.702. The van der Waals surface area contributed by atoms with Crippen molar-refractivity contribution in [1.82, 2.24) is 10.2 Å². The summed E-state index contributed by atoms with van der Waals surface area (Å²) in [5.41, 5.74) is 4.02. The van der Waals surface area contributed by atoms with Crippen molar-refractivity contribution in [2.45, 2.75) is 27.2 Å². The normalized spacial score (nSPS) is 10.5. The van der Waals surface area contributed by atoms with Gasteiger partial charge in [0.15, 0.2) is 5.82 Å². The Bertz CT molecular complexity index is 582. The molecular weight excluding hydrogens is 258 g/mol. The van der Waals surface area contributed by atoms with Gasteiger partial charge in [-0.25, -0.2) is 0 Å². The van der Waals surface area contributed by atoms with E-state index in [9.17, 15) is 0 Å². The van der Waals surface area contributed by atoms with Gasteiger partial charge in [-0.2, -0.15) is 0 Å². The molecule has 19 heavy (non-hydrogen) atoms. The second-order valence-corrected chi connectivity index (χ2v) is 4.96. The highest BCUT2D eigenvalue weighted by Crippen LogP contribution is 2.30. The second kappa shape index (κ2) is 6.02. The first-order valence-corrected chi connectivity index (χ1v) is 6.85. The maximum absolute atomic E-state index is 6.22. The van der Waals surface area contributed by atoms with E-state index in [-0.39, 0.29) is 0 Å². The Balaban J connectivity index is 2.44. The summed E-state index contributed by atoms with van der Waals surface area (Å²) in [5.74, 6) is 0.857. The molecule has 4 heteroatoms. The molecule has 0 unspecified atom stereocenters. The highest BCUT2D eigenvalue weighted by atomic mass is 35.5. The molecule has 1 aromatic heterocycles. The molecule has 0 saturated carbocycles. The molecule has 0 spiro atoms. The van der Waals surface area contributed by atoms with E-state index in [1.807, 2.05) is 24.3 Å². The monoisotopic (exact) mass is 275 g/mol. The fourth-order valence-corrected chi connectivity index (χ4v) is 2.15. The first kappa shape index (κ1) is 13.8. The molecule has 0 fully saturated rings. The molecular formula is C15H18ClN3. The first-order valence-electron chi connectivity index (χ1n) is 6.47. The predicted octanol–water partition coefficient (Wildman–Crippen LogP) is 4.24. The van der Waals surface area contributed by atoms with E-state index in [1.54, 1.807) is 0 Å². The van der Waals surface area contributed by atoms with Gasteiger partial charge in [0.25, 0.3) is 0 Å². The van der Waals surface area contributed by atoms with Gasteiger partial charge in [0, 0.05) is 12.1 Å². The number of benzene rings is 1. The van der Waals surface area contributed by atoms with E-state index in [4.69, 9.17) is 11.6 Å². The maximum atomic E-state index is 6.22. The van der Waals surface area contributed by atoms with E-state index < -0.39 is 0 Å². The minimum Gasteiger partial charge on any atom is -0.368 e. The first-order chi connectivity index (χ1) is 9.15. The van der Waals surface area contributed by atoms with E-state index in [2.05, 4.69) is 36.3 Å². The summed E-state index contributed by atoms with van der Waals surface area (Å²) in [5, 5.41) is 12.6. The lowest BCUT2D eigenvalue weighted by atomic mass is 10.0. The fraction of sp³-hybridized carbons (Fsp3) is 0.333. The quantitative estimate of drug-likeness (QED) is 0.907. The molecule has 1 N–H and O–H groups in total. The minimum atomic E-state index is 0.702. The number of aromatic nitrogens is 2. The van der Waals surface area contributed by atoms with Gasteiger partial charge in [-0.1, -0.05) is 36.7 Å². The topological polar surface area (TPSA) is 37.8 Å². The summed E-state index contributed by atoms with van der Waals surface area (Å²) in [6.45, 7) is 7.14. The maximum Gasteiger partial charge on any atom is 0.151 e. The Labute approximate surface area is 119 Å². The van der Waals surface area contributed by atoms with Crippen molar-refractivity contribution in [3.8, 4) is 11.3 Å². The Morgan fingerprint density at radius 3 is 2.53 bits per heavy atom. The molecule has 1 aromatic carbocycles. The number of anilines is 1. The fourth-order valence-electron chi connectivity index (χ4n) is 1.93. The van der Waals surface area contributed by atoms with Gasteiger partial charge < -0.3 is 5.32 Å². The van der Waals surface area contributed by atoms with Crippen molar-refractivity contribution >= 4 is 17.4 Å². The average Bonchev–Trinajstić information content (AvgIpc) is 2.42. The zero-order valence-electron chi connectivity index (χ0n) is 11.5. The molecule has 3 nitrogen and oxygen atoms in total. The van der Waals surface area contributed by atoms with Gasteiger partial charge in [0.05, 0.1) is 10.7 Å². The highest BCUT2D eigenvalue weighted by molar-refractivity contribution is 6.33. The average molecular weight is 276 g/mol. The number of nitrogens with zero attached hydrogens (tertiary/aromatic N) is 2. The summed E-state index contributed by atoms with van der Waals surface area (Å²) < 4.78 is 0. The SMILES string of the molecule is CCCNc1nnc(-c2ccccc2Cl)c(C)c1C. The van der Waals surface area contributed by atoms with E-state index in [0.717, 1.165) is 41.2 Å². The molecule has 1 heterocycles. The van der Waals surface area contributed by atoms with Crippen LogP contribution in [0.5, 0.6) is 0 Å². The number of hydrogen-bond donors (Lipinski definition) is 1. The summed E-state index contributed by atoms with van der Waals surface area (Å²) in [4.78, 5) is 0. The van der Waals surface area contributed by atoms with Crippen molar-refractivity contribution < 1.29 is 0 Å². The third-order valence-electron chi connectivity index (χ3n) is 3.19. The number of halogens is 1. The molecule has 0 aliphatic carbocycles. The predicted molar refractivity (Wildman–Crippen MR) is 80.7 cm³/mol. The molecule has 0 radical (unpaired) electrons. The van der Waals surface area contributed by atoms with Gasteiger partial charge in [0.1, 0.15) is 0 Å². The van der Waals surface area contributed by atoms with Crippen LogP contribution in [0.25, 0.3) is 11.3 Å². The molecule has 100 valence electrons. The van der Waals surface area contributed by atoms with Crippen molar-refractivity contribution in [1.29, 1.82) is 0 Å². The van der Waals surface area contributed by atoms with Gasteiger partial charge >= 0.3 is 0 Å². The highest BCUT2D eigenvalue weighted by Gasteiger charge is 2.12. The zero-order valence-corrected chi connectivity index (χ0v) is 12.3. The van der Waals surface area contributed by atoms with Gasteiger partial charge in [-0.3, -0.25) is 0 Å². The lowest BCUT2D eigenvalue weighted by Crippen LogP contribution is -2.07. The van der Waals surface area contributed by atoms with Crippen LogP contribution in [0.15, 0.2) is 24.3 Å². The Morgan fingerprint density at radius 2 is 1.84 bits per heavy atom. The van der Waals surface area contributed by atoms with Gasteiger partial charge in [-0.05, 0) is 37.5 Å². The van der Waals surface area contributed by atoms with Crippen LogP contribution in [0.1, 0.15) is 24.5 Å². The molecule has 0 amide bonds. The molecule has 0 atom stereocenters. The second-order valence-electron chi connectivity index (χ2n) is 4.55. The van der Waals surface area contributed by atoms with Crippen LogP contribution in [-0.4, -0.2) is 16.7 Å². The summed E-state index contributed by atoms with van der Waals surface area (Å²) in [6, 6.07) is 7.72. The lowest BCUT2D eigenvalue weighted by molar-refractivity contribution is 0.933. The Hall–Kier alpha value is -1.61. The van der Waals surface area contributed by atoms with E-state index in [1.165, 1.54) is 0 Å². The number of rotatable bonds is 4. The van der Waals surface area contributed by atoms with E-state index in [0.29, 0.717) is 5.02 Å². The summed E-state index contributed by atoms with van der Waals surface area (Å²) in [6.07, 6.45) is 1.06. The molecule has 2 aromatic rings. The standard InChI is InChI=1S/C15H18ClN3/c1-4-9-17-15-11(3)10(2)14(18-19-15)12-7-5-6-8-13(12)16/h5-8H,4,9H2,1-3H3,(H,17,19). The van der Waals surface area contributed by atoms with Gasteiger partial charge in [-0.15, -0.1) is 10.2 Å². The molecule has 0 aliphatic heterocycles. The van der Waals surface area contributed by atoms with Crippen LogP contribution in [0, 0.1) is 13.8 Å². The van der Waals surface area contributed by atoms with Crippen LogP contribution in [0.4, 0.5) is 5.82 Å². The zero-order chi connectivity index (χ0) is 13.8.